The maximum atomic E-state index is 12.4. The summed E-state index contributed by atoms with van der Waals surface area (Å²) in [6.45, 7) is 0. The Morgan fingerprint density at radius 2 is 1.62 bits per heavy atom. The number of ketones is 1. The topological polar surface area (TPSA) is 99.9 Å². The van der Waals surface area contributed by atoms with Crippen molar-refractivity contribution >= 4 is 17.4 Å². The molecule has 7 nitrogen and oxygen atoms in total. The van der Waals surface area contributed by atoms with E-state index in [0.717, 1.165) is 0 Å². The highest BCUT2D eigenvalue weighted by Gasteiger charge is 2.15. The van der Waals surface area contributed by atoms with Gasteiger partial charge >= 0.3 is 0 Å². The Labute approximate surface area is 151 Å². The highest BCUT2D eigenvalue weighted by Crippen LogP contribution is 2.38. The van der Waals surface area contributed by atoms with Gasteiger partial charge in [0.05, 0.1) is 32.6 Å². The molecule has 1 amide bonds. The molecule has 0 aliphatic heterocycles. The molecule has 26 heavy (non-hydrogen) atoms. The Balaban J connectivity index is 2.22. The van der Waals surface area contributed by atoms with Gasteiger partial charge in [-0.05, 0) is 24.3 Å². The molecular formula is C19H20N2O5. The van der Waals surface area contributed by atoms with E-state index in [9.17, 15) is 9.59 Å². The zero-order valence-electron chi connectivity index (χ0n) is 14.7. The van der Waals surface area contributed by atoms with Crippen LogP contribution in [0.15, 0.2) is 48.7 Å². The second-order valence-corrected chi connectivity index (χ2v) is 5.17. The molecule has 0 spiro atoms. The van der Waals surface area contributed by atoms with Crippen LogP contribution in [0.2, 0.25) is 0 Å². The molecule has 0 atom stereocenters. The summed E-state index contributed by atoms with van der Waals surface area (Å²) in [6.07, 6.45) is 2.77. The number of amides is 1. The van der Waals surface area contributed by atoms with Gasteiger partial charge in [-0.25, -0.2) is 0 Å². The van der Waals surface area contributed by atoms with Crippen LogP contribution in [0, 0.1) is 0 Å². The van der Waals surface area contributed by atoms with E-state index in [1.807, 2.05) is 0 Å². The summed E-state index contributed by atoms with van der Waals surface area (Å²) in [5.74, 6) is 0.334. The number of primary amides is 1. The first-order valence-electron chi connectivity index (χ1n) is 7.68. The molecule has 0 fully saturated rings. The summed E-state index contributed by atoms with van der Waals surface area (Å²) < 4.78 is 15.7. The molecule has 0 heterocycles. The first-order valence-corrected chi connectivity index (χ1v) is 7.68. The molecule has 0 bridgehead atoms. The number of methoxy groups -OCH3 is 3. The van der Waals surface area contributed by atoms with Crippen LogP contribution in [0.4, 0.5) is 5.69 Å². The lowest BCUT2D eigenvalue weighted by Gasteiger charge is -2.13. The molecular weight excluding hydrogens is 336 g/mol. The third kappa shape index (κ3) is 4.13. The largest absolute Gasteiger partial charge is 0.493 e. The van der Waals surface area contributed by atoms with Crippen LogP contribution in [0.3, 0.4) is 0 Å². The van der Waals surface area contributed by atoms with Crippen molar-refractivity contribution in [3.8, 4) is 17.2 Å². The number of carbonyl (C=O) groups is 2. The SMILES string of the molecule is COc1cc(C(=O)C=CNc2ccccc2C(N)=O)cc(OC)c1OC. The molecule has 136 valence electrons. The third-order valence-electron chi connectivity index (χ3n) is 3.62. The van der Waals surface area contributed by atoms with Crippen LogP contribution in [-0.2, 0) is 0 Å². The second kappa shape index (κ2) is 8.57. The zero-order chi connectivity index (χ0) is 19.1. The Kier molecular flexibility index (Phi) is 6.21. The molecule has 0 aliphatic rings. The van der Waals surface area contributed by atoms with E-state index < -0.39 is 5.91 Å². The van der Waals surface area contributed by atoms with Crippen molar-refractivity contribution in [1.82, 2.24) is 0 Å². The van der Waals surface area contributed by atoms with Crippen molar-refractivity contribution in [2.75, 3.05) is 26.6 Å². The van der Waals surface area contributed by atoms with Gasteiger partial charge in [-0.15, -0.1) is 0 Å². The number of anilines is 1. The minimum Gasteiger partial charge on any atom is -0.493 e. The standard InChI is InChI=1S/C19H20N2O5/c1-24-16-10-12(11-17(25-2)18(16)26-3)15(22)8-9-21-14-7-5-4-6-13(14)19(20)23/h4-11,21H,1-3H3,(H2,20,23). The van der Waals surface area contributed by atoms with Crippen LogP contribution in [-0.4, -0.2) is 33.0 Å². The van der Waals surface area contributed by atoms with Gasteiger partial charge in [0, 0.05) is 17.8 Å². The van der Waals surface area contributed by atoms with E-state index in [-0.39, 0.29) is 5.78 Å². The predicted octanol–water partition coefficient (Wildman–Crippen LogP) is 2.62. The lowest BCUT2D eigenvalue weighted by Crippen LogP contribution is -2.13. The molecule has 7 heteroatoms. The number of nitrogens with two attached hydrogens (primary N) is 1. The van der Waals surface area contributed by atoms with Gasteiger partial charge in [0.25, 0.3) is 5.91 Å². The summed E-state index contributed by atoms with van der Waals surface area (Å²) in [7, 11) is 4.44. The summed E-state index contributed by atoms with van der Waals surface area (Å²) in [6, 6.07) is 9.87. The van der Waals surface area contributed by atoms with Crippen LogP contribution >= 0.6 is 0 Å². The smallest absolute Gasteiger partial charge is 0.250 e. The van der Waals surface area contributed by atoms with Gasteiger partial charge in [-0.2, -0.15) is 0 Å². The van der Waals surface area contributed by atoms with Gasteiger partial charge < -0.3 is 25.3 Å². The third-order valence-corrected chi connectivity index (χ3v) is 3.62. The maximum Gasteiger partial charge on any atom is 0.250 e. The fourth-order valence-corrected chi connectivity index (χ4v) is 2.35. The Bertz CT molecular complexity index is 821. The first kappa shape index (κ1) is 18.9. The monoisotopic (exact) mass is 356 g/mol. The second-order valence-electron chi connectivity index (χ2n) is 5.17. The van der Waals surface area contributed by atoms with Crippen molar-refractivity contribution in [3.05, 3.63) is 59.8 Å². The quantitative estimate of drug-likeness (QED) is 0.557. The van der Waals surface area contributed by atoms with E-state index in [1.165, 1.54) is 33.6 Å². The number of carbonyl (C=O) groups excluding carboxylic acids is 2. The maximum absolute atomic E-state index is 12.4. The molecule has 2 aromatic carbocycles. The Morgan fingerprint density at radius 3 is 2.15 bits per heavy atom. The number of para-hydroxylation sites is 1. The molecule has 3 N–H and O–H groups in total. The molecule has 2 rings (SSSR count). The lowest BCUT2D eigenvalue weighted by atomic mass is 10.1. The first-order chi connectivity index (χ1) is 12.5. The minimum atomic E-state index is -0.558. The molecule has 0 saturated carbocycles. The number of hydrogen-bond donors (Lipinski definition) is 2. The van der Waals surface area contributed by atoms with Crippen molar-refractivity contribution in [2.24, 2.45) is 5.73 Å². The molecule has 0 aromatic heterocycles. The summed E-state index contributed by atoms with van der Waals surface area (Å²) in [5.41, 5.74) is 6.52. The molecule has 0 aliphatic carbocycles. The highest BCUT2D eigenvalue weighted by molar-refractivity contribution is 6.05. The van der Waals surface area contributed by atoms with Crippen molar-refractivity contribution in [2.45, 2.75) is 0 Å². The zero-order valence-corrected chi connectivity index (χ0v) is 14.7. The number of rotatable bonds is 8. The van der Waals surface area contributed by atoms with Gasteiger partial charge in [-0.1, -0.05) is 12.1 Å². The van der Waals surface area contributed by atoms with Crippen LogP contribution in [0.25, 0.3) is 0 Å². The van der Waals surface area contributed by atoms with Gasteiger partial charge in [0.2, 0.25) is 5.75 Å². The molecule has 0 saturated heterocycles. The van der Waals surface area contributed by atoms with Crippen LogP contribution in [0.1, 0.15) is 20.7 Å². The van der Waals surface area contributed by atoms with Crippen molar-refractivity contribution in [3.63, 3.8) is 0 Å². The molecule has 0 unspecified atom stereocenters. The average Bonchev–Trinajstić information content (AvgIpc) is 2.66. The summed E-state index contributed by atoms with van der Waals surface area (Å²) >= 11 is 0. The summed E-state index contributed by atoms with van der Waals surface area (Å²) in [5, 5.41) is 2.89. The fraction of sp³-hybridized carbons (Fsp3) is 0.158. The number of hydrogen-bond acceptors (Lipinski definition) is 6. The van der Waals surface area contributed by atoms with Gasteiger partial charge in [0.15, 0.2) is 17.3 Å². The fourth-order valence-electron chi connectivity index (χ4n) is 2.35. The van der Waals surface area contributed by atoms with E-state index in [4.69, 9.17) is 19.9 Å². The Morgan fingerprint density at radius 1 is 1.00 bits per heavy atom. The van der Waals surface area contributed by atoms with Crippen LogP contribution < -0.4 is 25.3 Å². The number of nitrogens with one attached hydrogen (secondary N) is 1. The number of ether oxygens (including phenoxy) is 3. The van der Waals surface area contributed by atoms with E-state index in [1.54, 1.807) is 36.4 Å². The predicted molar refractivity (Wildman–Crippen MR) is 98.2 cm³/mol. The number of benzene rings is 2. The van der Waals surface area contributed by atoms with E-state index >= 15 is 0 Å². The number of allylic oxidation sites excluding steroid dienone is 1. The minimum absolute atomic E-state index is 0.284. The van der Waals surface area contributed by atoms with Crippen molar-refractivity contribution < 1.29 is 23.8 Å². The Hall–Kier alpha value is -3.48. The summed E-state index contributed by atoms with van der Waals surface area (Å²) in [4.78, 5) is 23.8. The molecule has 2 aromatic rings. The normalized spacial score (nSPS) is 10.4. The van der Waals surface area contributed by atoms with Gasteiger partial charge in [-0.3, -0.25) is 9.59 Å². The highest BCUT2D eigenvalue weighted by atomic mass is 16.5. The van der Waals surface area contributed by atoms with Crippen LogP contribution in [0.5, 0.6) is 17.2 Å². The van der Waals surface area contributed by atoms with Gasteiger partial charge in [0.1, 0.15) is 0 Å². The van der Waals surface area contributed by atoms with E-state index in [2.05, 4.69) is 5.32 Å². The molecule has 0 radical (unpaired) electrons. The lowest BCUT2D eigenvalue weighted by molar-refractivity contribution is 0.0999. The van der Waals surface area contributed by atoms with E-state index in [0.29, 0.717) is 34.1 Å². The average molecular weight is 356 g/mol. The van der Waals surface area contributed by atoms with Crippen molar-refractivity contribution in [1.29, 1.82) is 0 Å².